The molecule has 0 aliphatic heterocycles. The van der Waals surface area contributed by atoms with E-state index in [1.165, 1.54) is 5.54 Å². The van der Waals surface area contributed by atoms with Gasteiger partial charge in [-0.05, 0) is 12.8 Å². The predicted molar refractivity (Wildman–Crippen MR) is 52.1 cm³/mol. The second-order valence-corrected chi connectivity index (χ2v) is 3.67. The van der Waals surface area contributed by atoms with E-state index in [1.807, 2.05) is 0 Å². The molecule has 0 fully saturated rings. The molecule has 1 atom stereocenters. The van der Waals surface area contributed by atoms with E-state index in [0.717, 1.165) is 0 Å². The number of halogens is 2. The van der Waals surface area contributed by atoms with Crippen LogP contribution in [0.3, 0.4) is 0 Å². The molecule has 0 aromatic rings. The Morgan fingerprint density at radius 1 is 1.45 bits per heavy atom. The third-order valence-electron chi connectivity index (χ3n) is 1.71. The first-order chi connectivity index (χ1) is 5.07. The van der Waals surface area contributed by atoms with Crippen LogP contribution in [0.5, 0.6) is 0 Å². The maximum atomic E-state index is 5.68. The number of rotatable bonds is 4. The molecular weight excluding hydrogens is 181 g/mol. The molecule has 0 amide bonds. The lowest BCUT2D eigenvalue weighted by Gasteiger charge is -2.16. The van der Waals surface area contributed by atoms with E-state index in [9.17, 15) is 0 Å². The van der Waals surface area contributed by atoms with Gasteiger partial charge in [0.15, 0.2) is 0 Å². The van der Waals surface area contributed by atoms with Gasteiger partial charge in [0, 0.05) is 23.2 Å². The standard InChI is InChI=1S/C8H15Cl2N/c1-6(2)7(3)11-5-8(10)4-9/h4,6-7,11H,5H2,1-3H3/b8-4-. The zero-order valence-electron chi connectivity index (χ0n) is 7.20. The normalized spacial score (nSPS) is 15.6. The lowest BCUT2D eigenvalue weighted by molar-refractivity contribution is 0.444. The van der Waals surface area contributed by atoms with E-state index in [4.69, 9.17) is 23.2 Å². The molecule has 1 nitrogen and oxygen atoms in total. The van der Waals surface area contributed by atoms with Crippen LogP contribution in [-0.2, 0) is 0 Å². The summed E-state index contributed by atoms with van der Waals surface area (Å²) < 4.78 is 0. The molecule has 0 bridgehead atoms. The van der Waals surface area contributed by atoms with Gasteiger partial charge in [0.05, 0.1) is 0 Å². The molecule has 0 spiro atoms. The maximum Gasteiger partial charge on any atom is 0.0431 e. The van der Waals surface area contributed by atoms with Crippen molar-refractivity contribution in [3.63, 3.8) is 0 Å². The number of hydrogen-bond acceptors (Lipinski definition) is 1. The van der Waals surface area contributed by atoms with Crippen LogP contribution in [0.2, 0.25) is 0 Å². The van der Waals surface area contributed by atoms with E-state index >= 15 is 0 Å². The molecule has 0 saturated heterocycles. The summed E-state index contributed by atoms with van der Waals surface area (Å²) in [5, 5.41) is 3.90. The molecule has 3 heteroatoms. The maximum absolute atomic E-state index is 5.68. The largest absolute Gasteiger partial charge is 0.309 e. The van der Waals surface area contributed by atoms with Gasteiger partial charge in [-0.25, -0.2) is 0 Å². The smallest absolute Gasteiger partial charge is 0.0431 e. The third kappa shape index (κ3) is 5.54. The summed E-state index contributed by atoms with van der Waals surface area (Å²) in [6, 6.07) is 0.473. The Labute approximate surface area is 78.8 Å². The topological polar surface area (TPSA) is 12.0 Å². The highest BCUT2D eigenvalue weighted by molar-refractivity contribution is 6.36. The summed E-state index contributed by atoms with van der Waals surface area (Å²) in [6.07, 6.45) is 0. The fraction of sp³-hybridized carbons (Fsp3) is 0.750. The Balaban J connectivity index is 3.54. The quantitative estimate of drug-likeness (QED) is 0.728. The number of nitrogens with one attached hydrogen (secondary N) is 1. The second kappa shape index (κ2) is 5.87. The van der Waals surface area contributed by atoms with Crippen LogP contribution < -0.4 is 5.32 Å². The minimum absolute atomic E-state index is 0.473. The van der Waals surface area contributed by atoms with Crippen LogP contribution in [0, 0.1) is 5.92 Å². The average molecular weight is 196 g/mol. The first-order valence-electron chi connectivity index (χ1n) is 3.76. The minimum Gasteiger partial charge on any atom is -0.309 e. The highest BCUT2D eigenvalue weighted by Gasteiger charge is 2.05. The summed E-state index contributed by atoms with van der Waals surface area (Å²) in [5.74, 6) is 0.620. The first-order valence-corrected chi connectivity index (χ1v) is 4.57. The van der Waals surface area contributed by atoms with Gasteiger partial charge < -0.3 is 5.32 Å². The molecule has 1 N–H and O–H groups in total. The highest BCUT2D eigenvalue weighted by atomic mass is 35.5. The van der Waals surface area contributed by atoms with Gasteiger partial charge in [-0.15, -0.1) is 0 Å². The highest BCUT2D eigenvalue weighted by Crippen LogP contribution is 2.04. The molecule has 0 aliphatic carbocycles. The molecule has 0 heterocycles. The van der Waals surface area contributed by atoms with Crippen molar-refractivity contribution in [1.29, 1.82) is 0 Å². The monoisotopic (exact) mass is 195 g/mol. The van der Waals surface area contributed by atoms with Crippen LogP contribution in [-0.4, -0.2) is 12.6 Å². The van der Waals surface area contributed by atoms with Crippen LogP contribution in [0.25, 0.3) is 0 Å². The first kappa shape index (κ1) is 11.3. The van der Waals surface area contributed by atoms with E-state index in [-0.39, 0.29) is 0 Å². The Hall–Kier alpha value is 0.280. The molecule has 66 valence electrons. The van der Waals surface area contributed by atoms with E-state index < -0.39 is 0 Å². The van der Waals surface area contributed by atoms with Crippen molar-refractivity contribution >= 4 is 23.2 Å². The summed E-state index contributed by atoms with van der Waals surface area (Å²) in [4.78, 5) is 0. The summed E-state index contributed by atoms with van der Waals surface area (Å²) in [7, 11) is 0. The Morgan fingerprint density at radius 2 is 2.00 bits per heavy atom. The van der Waals surface area contributed by atoms with Crippen LogP contribution >= 0.6 is 23.2 Å². The molecule has 0 radical (unpaired) electrons. The zero-order chi connectivity index (χ0) is 8.85. The van der Waals surface area contributed by atoms with Crippen molar-refractivity contribution in [3.05, 3.63) is 10.6 Å². The average Bonchev–Trinajstić information content (AvgIpc) is 1.99. The molecule has 0 aliphatic rings. The van der Waals surface area contributed by atoms with Gasteiger partial charge in [-0.1, -0.05) is 37.0 Å². The molecule has 0 aromatic heterocycles. The van der Waals surface area contributed by atoms with Gasteiger partial charge in [-0.2, -0.15) is 0 Å². The predicted octanol–water partition coefficient (Wildman–Crippen LogP) is 2.94. The fourth-order valence-corrected chi connectivity index (χ4v) is 0.687. The van der Waals surface area contributed by atoms with E-state index in [2.05, 4.69) is 26.1 Å². The van der Waals surface area contributed by atoms with Crippen molar-refractivity contribution in [1.82, 2.24) is 5.32 Å². The van der Waals surface area contributed by atoms with Gasteiger partial charge >= 0.3 is 0 Å². The molecule has 0 rings (SSSR count). The van der Waals surface area contributed by atoms with Crippen molar-refractivity contribution in [2.45, 2.75) is 26.8 Å². The Morgan fingerprint density at radius 3 is 2.36 bits per heavy atom. The van der Waals surface area contributed by atoms with Crippen LogP contribution in [0.4, 0.5) is 0 Å². The second-order valence-electron chi connectivity index (χ2n) is 2.97. The molecular formula is C8H15Cl2N. The summed E-state index contributed by atoms with van der Waals surface area (Å²) >= 11 is 11.1. The van der Waals surface area contributed by atoms with Crippen LogP contribution in [0.1, 0.15) is 20.8 Å². The van der Waals surface area contributed by atoms with Gasteiger partial charge in [0.2, 0.25) is 0 Å². The lowest BCUT2D eigenvalue weighted by Crippen LogP contribution is -2.31. The van der Waals surface area contributed by atoms with Crippen molar-refractivity contribution < 1.29 is 0 Å². The van der Waals surface area contributed by atoms with Crippen molar-refractivity contribution in [2.24, 2.45) is 5.92 Å². The van der Waals surface area contributed by atoms with Gasteiger partial charge in [0.25, 0.3) is 0 Å². The van der Waals surface area contributed by atoms with E-state index in [0.29, 0.717) is 23.5 Å². The molecule has 0 saturated carbocycles. The molecule has 1 unspecified atom stereocenters. The summed E-state index contributed by atoms with van der Waals surface area (Å²) in [6.45, 7) is 7.11. The molecule has 11 heavy (non-hydrogen) atoms. The fourth-order valence-electron chi connectivity index (χ4n) is 0.533. The zero-order valence-corrected chi connectivity index (χ0v) is 8.71. The van der Waals surface area contributed by atoms with Crippen molar-refractivity contribution in [3.8, 4) is 0 Å². The van der Waals surface area contributed by atoms with Gasteiger partial charge in [-0.3, -0.25) is 0 Å². The third-order valence-corrected chi connectivity index (χ3v) is 2.33. The Kier molecular flexibility index (Phi) is 6.02. The summed E-state index contributed by atoms with van der Waals surface area (Å²) in [5.41, 5.74) is 1.39. The lowest BCUT2D eigenvalue weighted by atomic mass is 10.1. The Bertz CT molecular complexity index is 132. The minimum atomic E-state index is 0.473. The molecule has 0 aromatic carbocycles. The van der Waals surface area contributed by atoms with Crippen LogP contribution in [0.15, 0.2) is 10.6 Å². The number of hydrogen-bond donors (Lipinski definition) is 1. The van der Waals surface area contributed by atoms with E-state index in [1.54, 1.807) is 0 Å². The van der Waals surface area contributed by atoms with Gasteiger partial charge in [0.1, 0.15) is 0 Å². The van der Waals surface area contributed by atoms with Crippen molar-refractivity contribution in [2.75, 3.05) is 6.54 Å². The SMILES string of the molecule is CC(C)C(C)NC/C(Cl)=C/Cl.